The smallest absolute Gasteiger partial charge is 0.258 e. The molecule has 4 aromatic rings. The minimum Gasteiger partial charge on any atom is -0.308 e. The fourth-order valence-corrected chi connectivity index (χ4v) is 4.04. The zero-order valence-electron chi connectivity index (χ0n) is 15.3. The average molecular weight is 389 g/mol. The lowest BCUT2D eigenvalue weighted by Crippen LogP contribution is -2.29. The highest BCUT2D eigenvalue weighted by molar-refractivity contribution is 6.32. The summed E-state index contributed by atoms with van der Waals surface area (Å²) in [5.41, 5.74) is 4.99. The van der Waals surface area contributed by atoms with Gasteiger partial charge in [-0.3, -0.25) is 9.36 Å². The molecule has 0 aliphatic carbocycles. The van der Waals surface area contributed by atoms with Gasteiger partial charge in [0.05, 0.1) is 10.7 Å². The van der Waals surface area contributed by atoms with Crippen molar-refractivity contribution in [2.75, 3.05) is 11.4 Å². The molecule has 2 aromatic carbocycles. The highest BCUT2D eigenvalue weighted by atomic mass is 35.5. The van der Waals surface area contributed by atoms with E-state index in [-0.39, 0.29) is 5.91 Å². The third kappa shape index (κ3) is 2.59. The predicted octanol–water partition coefficient (Wildman–Crippen LogP) is 4.59. The molecule has 0 fully saturated rings. The van der Waals surface area contributed by atoms with Crippen molar-refractivity contribution in [1.82, 2.24) is 14.5 Å². The second-order valence-corrected chi connectivity index (χ2v) is 7.25. The minimum atomic E-state index is -0.0297. The van der Waals surface area contributed by atoms with E-state index in [9.17, 15) is 4.79 Å². The van der Waals surface area contributed by atoms with E-state index in [1.54, 1.807) is 18.3 Å². The first-order chi connectivity index (χ1) is 13.6. The van der Waals surface area contributed by atoms with Crippen LogP contribution in [0.1, 0.15) is 21.7 Å². The van der Waals surface area contributed by atoms with Crippen molar-refractivity contribution < 1.29 is 4.79 Å². The number of aromatic nitrogens is 3. The van der Waals surface area contributed by atoms with Gasteiger partial charge in [-0.05, 0) is 55.3 Å². The van der Waals surface area contributed by atoms with E-state index in [1.165, 1.54) is 5.56 Å². The number of benzene rings is 2. The molecule has 1 aliphatic rings. The molecule has 28 heavy (non-hydrogen) atoms. The van der Waals surface area contributed by atoms with Gasteiger partial charge < -0.3 is 4.90 Å². The van der Waals surface area contributed by atoms with E-state index in [0.29, 0.717) is 22.8 Å². The van der Waals surface area contributed by atoms with Crippen LogP contribution in [0.25, 0.3) is 16.9 Å². The van der Waals surface area contributed by atoms with Gasteiger partial charge >= 0.3 is 0 Å². The van der Waals surface area contributed by atoms with Crippen LogP contribution in [0, 0.1) is 6.92 Å². The van der Waals surface area contributed by atoms with Gasteiger partial charge in [0, 0.05) is 24.0 Å². The number of carbonyl (C=O) groups excluding carboxylic acids is 1. The van der Waals surface area contributed by atoms with Crippen LogP contribution in [0.4, 0.5) is 5.69 Å². The number of imidazole rings is 1. The van der Waals surface area contributed by atoms with Crippen LogP contribution in [0.5, 0.6) is 0 Å². The molecule has 0 unspecified atom stereocenters. The Bertz CT molecular complexity index is 1230. The number of anilines is 1. The summed E-state index contributed by atoms with van der Waals surface area (Å²) >= 11 is 6.50. The van der Waals surface area contributed by atoms with E-state index in [2.05, 4.69) is 16.0 Å². The van der Waals surface area contributed by atoms with E-state index < -0.39 is 0 Å². The lowest BCUT2D eigenvalue weighted by atomic mass is 10.1. The van der Waals surface area contributed by atoms with Crippen LogP contribution >= 0.6 is 11.6 Å². The number of rotatable bonds is 2. The Balaban J connectivity index is 1.61. The largest absolute Gasteiger partial charge is 0.308 e. The van der Waals surface area contributed by atoms with Crippen molar-refractivity contribution in [3.05, 3.63) is 82.8 Å². The Hall–Kier alpha value is -3.18. The summed E-state index contributed by atoms with van der Waals surface area (Å²) in [7, 11) is 0. The number of pyridine rings is 1. The van der Waals surface area contributed by atoms with Crippen molar-refractivity contribution in [1.29, 1.82) is 0 Å². The minimum absolute atomic E-state index is 0.0297. The normalized spacial score (nSPS) is 13.1. The standard InChI is InChI=1S/C22H17ClN4O/c1-14-25-18-6-4-11-24-21(18)27(14)20-13-16(8-9-17(20)23)22(28)26-12-10-15-5-2-3-7-19(15)26/h2-9,11,13H,10,12H2,1H3. The number of hydrogen-bond acceptors (Lipinski definition) is 3. The Morgan fingerprint density at radius 1 is 1.07 bits per heavy atom. The first-order valence-corrected chi connectivity index (χ1v) is 9.51. The van der Waals surface area contributed by atoms with Gasteiger partial charge in [-0.25, -0.2) is 9.97 Å². The summed E-state index contributed by atoms with van der Waals surface area (Å²) in [6.07, 6.45) is 2.60. The van der Waals surface area contributed by atoms with Crippen LogP contribution in [-0.2, 0) is 6.42 Å². The molecule has 3 heterocycles. The number of amides is 1. The van der Waals surface area contributed by atoms with E-state index >= 15 is 0 Å². The molecule has 0 bridgehead atoms. The molecular weight excluding hydrogens is 372 g/mol. The van der Waals surface area contributed by atoms with Crippen molar-refractivity contribution in [2.24, 2.45) is 0 Å². The van der Waals surface area contributed by atoms with Crippen molar-refractivity contribution >= 4 is 34.4 Å². The van der Waals surface area contributed by atoms with Crippen LogP contribution in [-0.4, -0.2) is 27.0 Å². The number of nitrogens with zero attached hydrogens (tertiary/aromatic N) is 4. The fraction of sp³-hybridized carbons (Fsp3) is 0.136. The molecule has 0 saturated heterocycles. The number of halogens is 1. The molecule has 5 nitrogen and oxygen atoms in total. The fourth-order valence-electron chi connectivity index (χ4n) is 3.84. The lowest BCUT2D eigenvalue weighted by molar-refractivity contribution is 0.0989. The second kappa shape index (κ2) is 6.46. The molecule has 0 radical (unpaired) electrons. The third-order valence-corrected chi connectivity index (χ3v) is 5.47. The zero-order chi connectivity index (χ0) is 19.3. The van der Waals surface area contributed by atoms with Gasteiger partial charge in [0.2, 0.25) is 0 Å². The molecular formula is C22H17ClN4O. The van der Waals surface area contributed by atoms with Crippen molar-refractivity contribution in [2.45, 2.75) is 13.3 Å². The Labute approximate surface area is 167 Å². The van der Waals surface area contributed by atoms with Crippen LogP contribution in [0.15, 0.2) is 60.8 Å². The summed E-state index contributed by atoms with van der Waals surface area (Å²) in [4.78, 5) is 24.1. The van der Waals surface area contributed by atoms with Gasteiger partial charge in [-0.15, -0.1) is 0 Å². The third-order valence-electron chi connectivity index (χ3n) is 5.15. The van der Waals surface area contributed by atoms with Crippen molar-refractivity contribution in [3.63, 3.8) is 0 Å². The number of fused-ring (bicyclic) bond motifs is 2. The molecule has 0 N–H and O–H groups in total. The summed E-state index contributed by atoms with van der Waals surface area (Å²) in [6, 6.07) is 17.2. The molecule has 2 aromatic heterocycles. The molecule has 0 saturated carbocycles. The van der Waals surface area contributed by atoms with Crippen LogP contribution < -0.4 is 4.90 Å². The van der Waals surface area contributed by atoms with E-state index in [4.69, 9.17) is 11.6 Å². The summed E-state index contributed by atoms with van der Waals surface area (Å²) in [5, 5.41) is 0.548. The molecule has 1 aliphatic heterocycles. The Kier molecular flexibility index (Phi) is 3.91. The van der Waals surface area contributed by atoms with Gasteiger partial charge in [-0.2, -0.15) is 0 Å². The van der Waals surface area contributed by atoms with Gasteiger partial charge in [0.1, 0.15) is 11.3 Å². The first-order valence-electron chi connectivity index (χ1n) is 9.13. The number of hydrogen-bond donors (Lipinski definition) is 0. The highest BCUT2D eigenvalue weighted by Gasteiger charge is 2.26. The topological polar surface area (TPSA) is 51.0 Å². The van der Waals surface area contributed by atoms with Crippen LogP contribution in [0.2, 0.25) is 5.02 Å². The summed E-state index contributed by atoms with van der Waals surface area (Å²) in [6.45, 7) is 2.59. The van der Waals surface area contributed by atoms with Crippen LogP contribution in [0.3, 0.4) is 0 Å². The monoisotopic (exact) mass is 388 g/mol. The number of para-hydroxylation sites is 1. The quantitative estimate of drug-likeness (QED) is 0.505. The molecule has 0 atom stereocenters. The maximum atomic E-state index is 13.2. The van der Waals surface area contributed by atoms with Gasteiger partial charge in [0.15, 0.2) is 5.65 Å². The SMILES string of the molecule is Cc1nc2cccnc2n1-c1cc(C(=O)N2CCc3ccccc32)ccc1Cl. The summed E-state index contributed by atoms with van der Waals surface area (Å²) < 4.78 is 1.90. The van der Waals surface area contributed by atoms with Crippen molar-refractivity contribution in [3.8, 4) is 5.69 Å². The van der Waals surface area contributed by atoms with Gasteiger partial charge in [-0.1, -0.05) is 29.8 Å². The molecule has 138 valence electrons. The highest BCUT2D eigenvalue weighted by Crippen LogP contribution is 2.31. The summed E-state index contributed by atoms with van der Waals surface area (Å²) in [5.74, 6) is 0.740. The number of carbonyl (C=O) groups is 1. The maximum Gasteiger partial charge on any atom is 0.258 e. The Morgan fingerprint density at radius 2 is 1.93 bits per heavy atom. The lowest BCUT2D eigenvalue weighted by Gasteiger charge is -2.18. The predicted molar refractivity (Wildman–Crippen MR) is 110 cm³/mol. The number of aryl methyl sites for hydroxylation is 1. The zero-order valence-corrected chi connectivity index (χ0v) is 16.0. The van der Waals surface area contributed by atoms with E-state index in [0.717, 1.165) is 29.1 Å². The van der Waals surface area contributed by atoms with E-state index in [1.807, 2.05) is 52.8 Å². The maximum absolute atomic E-state index is 13.2. The molecule has 1 amide bonds. The molecule has 5 rings (SSSR count). The molecule has 6 heteroatoms. The first kappa shape index (κ1) is 17.0. The Morgan fingerprint density at radius 3 is 2.82 bits per heavy atom. The second-order valence-electron chi connectivity index (χ2n) is 6.84. The van der Waals surface area contributed by atoms with Gasteiger partial charge in [0.25, 0.3) is 5.91 Å². The average Bonchev–Trinajstić information content (AvgIpc) is 3.28. The molecule has 0 spiro atoms.